The maximum atomic E-state index is 11.4. The lowest BCUT2D eigenvalue weighted by atomic mass is 9.83. The van der Waals surface area contributed by atoms with Gasteiger partial charge in [0.05, 0.1) is 10.8 Å². The molecule has 150 valence electrons. The molecule has 1 saturated carbocycles. The molecule has 4 nitrogen and oxygen atoms in total. The van der Waals surface area contributed by atoms with E-state index < -0.39 is 22.8 Å². The average Bonchev–Trinajstić information content (AvgIpc) is 3.35. The van der Waals surface area contributed by atoms with Crippen LogP contribution in [0.3, 0.4) is 0 Å². The van der Waals surface area contributed by atoms with Gasteiger partial charge in [-0.15, -0.1) is 0 Å². The van der Waals surface area contributed by atoms with Crippen molar-refractivity contribution in [1.29, 1.82) is 0 Å². The summed E-state index contributed by atoms with van der Waals surface area (Å²) >= 11 is 0. The molecule has 0 atom stereocenters. The number of hydrogen-bond acceptors (Lipinski definition) is 2. The largest absolute Gasteiger partial charge is 0.481 e. The van der Waals surface area contributed by atoms with Gasteiger partial charge in [-0.2, -0.15) is 0 Å². The highest BCUT2D eigenvalue weighted by Gasteiger charge is 2.49. The molecule has 2 rings (SSSR count). The third-order valence-corrected chi connectivity index (χ3v) is 6.51. The molecule has 0 saturated heterocycles. The number of aliphatic carboxylic acids is 2. The maximum absolute atomic E-state index is 11.4. The van der Waals surface area contributed by atoms with Crippen molar-refractivity contribution in [2.75, 3.05) is 0 Å². The number of carbonyl (C=O) groups is 2. The van der Waals surface area contributed by atoms with E-state index in [1.54, 1.807) is 13.8 Å². The van der Waals surface area contributed by atoms with E-state index in [2.05, 4.69) is 26.8 Å². The van der Waals surface area contributed by atoms with E-state index in [1.807, 2.05) is 0 Å². The van der Waals surface area contributed by atoms with Crippen LogP contribution in [-0.2, 0) is 22.4 Å². The first-order valence-corrected chi connectivity index (χ1v) is 10.1. The first-order valence-electron chi connectivity index (χ1n) is 10.1. The topological polar surface area (TPSA) is 74.6 Å². The zero-order valence-electron chi connectivity index (χ0n) is 17.4. The number of carboxylic acids is 2. The van der Waals surface area contributed by atoms with Crippen LogP contribution in [0, 0.1) is 31.6 Å². The van der Waals surface area contributed by atoms with E-state index >= 15 is 0 Å². The van der Waals surface area contributed by atoms with Gasteiger partial charge in [-0.1, -0.05) is 6.07 Å². The molecular formula is C23H34O4. The number of aryl methyl sites for hydroxylation is 2. The minimum atomic E-state index is -0.747. The molecule has 0 heterocycles. The predicted octanol–water partition coefficient (Wildman–Crippen LogP) is 5.23. The summed E-state index contributed by atoms with van der Waals surface area (Å²) in [5.74, 6) is -1.39. The third kappa shape index (κ3) is 4.91. The molecule has 0 aliphatic heterocycles. The van der Waals surface area contributed by atoms with Gasteiger partial charge in [-0.3, -0.25) is 9.59 Å². The van der Waals surface area contributed by atoms with Crippen LogP contribution in [-0.4, -0.2) is 22.2 Å². The number of rotatable bonds is 10. The fourth-order valence-corrected chi connectivity index (χ4v) is 4.05. The Labute approximate surface area is 163 Å². The van der Waals surface area contributed by atoms with Crippen molar-refractivity contribution in [3.8, 4) is 0 Å². The second kappa shape index (κ2) is 8.04. The molecule has 4 heteroatoms. The lowest BCUT2D eigenvalue weighted by molar-refractivity contribution is -0.147. The maximum Gasteiger partial charge on any atom is 0.309 e. The highest BCUT2D eigenvalue weighted by atomic mass is 16.4. The van der Waals surface area contributed by atoms with Gasteiger partial charge in [0.1, 0.15) is 0 Å². The summed E-state index contributed by atoms with van der Waals surface area (Å²) in [5.41, 5.74) is 5.36. The summed E-state index contributed by atoms with van der Waals surface area (Å²) in [5, 5.41) is 18.7. The highest BCUT2D eigenvalue weighted by molar-refractivity contribution is 5.77. The Bertz CT molecular complexity index is 726. The molecule has 1 aromatic carbocycles. The number of benzene rings is 1. The van der Waals surface area contributed by atoms with Gasteiger partial charge in [0.2, 0.25) is 0 Å². The van der Waals surface area contributed by atoms with Gasteiger partial charge < -0.3 is 10.2 Å². The molecular weight excluding hydrogens is 340 g/mol. The SMILES string of the molecule is Cc1cc(C)c(CCCC2(C(=O)O)CC2)c(CCCC(C)(C)C(=O)O)c1C. The van der Waals surface area contributed by atoms with Crippen LogP contribution >= 0.6 is 0 Å². The lowest BCUT2D eigenvalue weighted by Crippen LogP contribution is -2.23. The van der Waals surface area contributed by atoms with Gasteiger partial charge in [0.15, 0.2) is 0 Å². The Kier molecular flexibility index (Phi) is 6.39. The van der Waals surface area contributed by atoms with Crippen LogP contribution in [0.5, 0.6) is 0 Å². The standard InChI is InChI=1S/C23H34O4/c1-15-14-16(2)18(8-7-11-23(12-13-23)21(26)27)19(17(15)3)9-6-10-22(4,5)20(24)25/h14H,6-13H2,1-5H3,(H,24,25)(H,26,27). The third-order valence-electron chi connectivity index (χ3n) is 6.51. The molecule has 1 aromatic rings. The van der Waals surface area contributed by atoms with Crippen LogP contribution < -0.4 is 0 Å². The Balaban J connectivity index is 2.10. The lowest BCUT2D eigenvalue weighted by Gasteiger charge is -2.22. The van der Waals surface area contributed by atoms with Crippen molar-refractivity contribution in [3.05, 3.63) is 33.9 Å². The molecule has 0 radical (unpaired) electrons. The van der Waals surface area contributed by atoms with E-state index in [9.17, 15) is 19.8 Å². The molecule has 2 N–H and O–H groups in total. The predicted molar refractivity (Wildman–Crippen MR) is 107 cm³/mol. The summed E-state index contributed by atoms with van der Waals surface area (Å²) < 4.78 is 0. The normalized spacial score (nSPS) is 15.6. The van der Waals surface area contributed by atoms with Crippen LogP contribution in [0.15, 0.2) is 6.07 Å². The van der Waals surface area contributed by atoms with Crippen molar-refractivity contribution in [2.45, 2.75) is 86.0 Å². The van der Waals surface area contributed by atoms with Crippen molar-refractivity contribution >= 4 is 11.9 Å². The van der Waals surface area contributed by atoms with Crippen molar-refractivity contribution in [2.24, 2.45) is 10.8 Å². The van der Waals surface area contributed by atoms with Crippen LogP contribution in [0.25, 0.3) is 0 Å². The van der Waals surface area contributed by atoms with E-state index in [-0.39, 0.29) is 0 Å². The number of carboxylic acid groups (broad SMARTS) is 2. The van der Waals surface area contributed by atoms with Gasteiger partial charge in [-0.25, -0.2) is 0 Å². The van der Waals surface area contributed by atoms with Gasteiger partial charge in [0, 0.05) is 0 Å². The molecule has 27 heavy (non-hydrogen) atoms. The Morgan fingerprint density at radius 1 is 1.00 bits per heavy atom. The summed E-state index contributed by atoms with van der Waals surface area (Å²) in [6.45, 7) is 9.98. The molecule has 1 fully saturated rings. The highest BCUT2D eigenvalue weighted by Crippen LogP contribution is 2.50. The van der Waals surface area contributed by atoms with Crippen molar-refractivity contribution in [3.63, 3.8) is 0 Å². The summed E-state index contributed by atoms with van der Waals surface area (Å²) in [6, 6.07) is 2.22. The van der Waals surface area contributed by atoms with Crippen LogP contribution in [0.2, 0.25) is 0 Å². The molecule has 0 unspecified atom stereocenters. The first kappa shape index (κ1) is 21.5. The Morgan fingerprint density at radius 3 is 2.11 bits per heavy atom. The fraction of sp³-hybridized carbons (Fsp3) is 0.652. The van der Waals surface area contributed by atoms with Gasteiger partial charge in [-0.05, 0) is 114 Å². The fourth-order valence-electron chi connectivity index (χ4n) is 4.05. The number of hydrogen-bond donors (Lipinski definition) is 2. The second-order valence-electron chi connectivity index (χ2n) is 9.07. The second-order valence-corrected chi connectivity index (χ2v) is 9.07. The zero-order chi connectivity index (χ0) is 20.4. The Morgan fingerprint density at radius 2 is 1.59 bits per heavy atom. The van der Waals surface area contributed by atoms with E-state index in [1.165, 1.54) is 27.8 Å². The monoisotopic (exact) mass is 374 g/mol. The summed E-state index contributed by atoms with van der Waals surface area (Å²) in [6.07, 6.45) is 6.54. The van der Waals surface area contributed by atoms with Crippen molar-refractivity contribution < 1.29 is 19.8 Å². The smallest absolute Gasteiger partial charge is 0.309 e. The van der Waals surface area contributed by atoms with E-state index in [0.29, 0.717) is 6.42 Å². The van der Waals surface area contributed by atoms with Crippen LogP contribution in [0.1, 0.15) is 80.2 Å². The quantitative estimate of drug-likeness (QED) is 0.588. The van der Waals surface area contributed by atoms with E-state index in [4.69, 9.17) is 0 Å². The molecule has 0 amide bonds. The minimum Gasteiger partial charge on any atom is -0.481 e. The Hall–Kier alpha value is -1.84. The molecule has 1 aliphatic carbocycles. The van der Waals surface area contributed by atoms with Gasteiger partial charge in [0.25, 0.3) is 0 Å². The van der Waals surface area contributed by atoms with Crippen LogP contribution in [0.4, 0.5) is 0 Å². The molecule has 1 aliphatic rings. The first-order chi connectivity index (χ1) is 12.5. The minimum absolute atomic E-state index is 0.459. The summed E-state index contributed by atoms with van der Waals surface area (Å²) in [7, 11) is 0. The average molecular weight is 375 g/mol. The van der Waals surface area contributed by atoms with Crippen molar-refractivity contribution in [1.82, 2.24) is 0 Å². The zero-order valence-corrected chi connectivity index (χ0v) is 17.4. The summed E-state index contributed by atoms with van der Waals surface area (Å²) in [4.78, 5) is 22.8. The van der Waals surface area contributed by atoms with Gasteiger partial charge >= 0.3 is 11.9 Å². The molecule has 0 bridgehead atoms. The van der Waals surface area contributed by atoms with E-state index in [0.717, 1.165) is 44.9 Å². The molecule has 0 aromatic heterocycles. The molecule has 0 spiro atoms.